The molecule has 138 valence electrons. The van der Waals surface area contributed by atoms with Gasteiger partial charge in [0.2, 0.25) is 0 Å². The lowest BCUT2D eigenvalue weighted by Gasteiger charge is -2.18. The summed E-state index contributed by atoms with van der Waals surface area (Å²) in [6.45, 7) is 0. The Morgan fingerprint density at radius 2 is 1.70 bits per heavy atom. The lowest BCUT2D eigenvalue weighted by molar-refractivity contribution is -0.385. The van der Waals surface area contributed by atoms with Gasteiger partial charge in [-0.25, -0.2) is 0 Å². The van der Waals surface area contributed by atoms with Gasteiger partial charge >= 0.3 is 5.69 Å². The van der Waals surface area contributed by atoms with Gasteiger partial charge < -0.3 is 10.2 Å². The van der Waals surface area contributed by atoms with Gasteiger partial charge in [-0.15, -0.1) is 0 Å². The molecule has 3 fully saturated rings. The molecular formula is C18H15N3O6. The Bertz CT molecular complexity index is 946. The Morgan fingerprint density at radius 1 is 1.11 bits per heavy atom. The molecule has 3 aliphatic carbocycles. The average Bonchev–Trinajstić information content (AvgIpc) is 3.21. The van der Waals surface area contributed by atoms with Crippen molar-refractivity contribution in [3.63, 3.8) is 0 Å². The number of hydrogen-bond acceptors (Lipinski definition) is 7. The highest BCUT2D eigenvalue weighted by Gasteiger charge is 2.73. The predicted molar refractivity (Wildman–Crippen MR) is 90.6 cm³/mol. The van der Waals surface area contributed by atoms with Crippen LogP contribution in [0.1, 0.15) is 18.4 Å². The number of nitro benzene ring substituents is 1. The molecule has 1 saturated heterocycles. The number of nitrogens with zero attached hydrogens (tertiary/aromatic N) is 3. The van der Waals surface area contributed by atoms with Crippen LogP contribution in [-0.2, 0) is 9.59 Å². The Balaban J connectivity index is 1.45. The first-order chi connectivity index (χ1) is 12.8. The molecule has 9 heteroatoms. The van der Waals surface area contributed by atoms with Crippen LogP contribution in [0.5, 0.6) is 11.5 Å². The maximum atomic E-state index is 12.8. The second kappa shape index (κ2) is 4.93. The molecule has 1 aromatic carbocycles. The number of hydrogen-bond donors (Lipinski definition) is 2. The normalized spacial score (nSPS) is 32.1. The minimum absolute atomic E-state index is 0.0723. The first kappa shape index (κ1) is 16.0. The number of phenols is 2. The van der Waals surface area contributed by atoms with Gasteiger partial charge in [-0.05, 0) is 30.1 Å². The number of benzene rings is 1. The molecule has 2 N–H and O–H groups in total. The third-order valence-electron chi connectivity index (χ3n) is 6.46. The Hall–Kier alpha value is -3.23. The van der Waals surface area contributed by atoms with E-state index in [0.717, 1.165) is 36.2 Å². The quantitative estimate of drug-likeness (QED) is 0.273. The van der Waals surface area contributed by atoms with Gasteiger partial charge in [-0.1, -0.05) is 12.2 Å². The summed E-state index contributed by atoms with van der Waals surface area (Å²) in [5.41, 5.74) is -0.591. The molecule has 9 nitrogen and oxygen atoms in total. The van der Waals surface area contributed by atoms with Crippen molar-refractivity contribution in [2.45, 2.75) is 12.8 Å². The van der Waals surface area contributed by atoms with Crippen LogP contribution in [0.3, 0.4) is 0 Å². The van der Waals surface area contributed by atoms with Gasteiger partial charge in [0.1, 0.15) is 5.75 Å². The molecule has 1 aliphatic heterocycles. The fraction of sp³-hybridized carbons (Fsp3) is 0.389. The molecule has 0 unspecified atom stereocenters. The van der Waals surface area contributed by atoms with E-state index in [2.05, 4.69) is 5.10 Å². The van der Waals surface area contributed by atoms with Gasteiger partial charge in [0.05, 0.1) is 23.0 Å². The largest absolute Gasteiger partial charge is 0.507 e. The zero-order valence-electron chi connectivity index (χ0n) is 14.0. The number of nitro groups is 1. The van der Waals surface area contributed by atoms with E-state index in [0.29, 0.717) is 0 Å². The highest BCUT2D eigenvalue weighted by molar-refractivity contribution is 6.07. The summed E-state index contributed by atoms with van der Waals surface area (Å²) in [6.07, 6.45) is 7.20. The number of imide groups is 1. The number of fused-ring (bicyclic) bond motifs is 3. The smallest absolute Gasteiger partial charge is 0.311 e. The number of carbonyl (C=O) groups excluding carboxylic acids is 2. The number of phenolic OH excluding ortho intramolecular Hbond substituents is 2. The molecule has 1 heterocycles. The van der Waals surface area contributed by atoms with E-state index < -0.39 is 33.9 Å². The Morgan fingerprint density at radius 3 is 2.22 bits per heavy atom. The average molecular weight is 369 g/mol. The first-order valence-corrected chi connectivity index (χ1v) is 8.65. The van der Waals surface area contributed by atoms with Gasteiger partial charge in [0.25, 0.3) is 11.8 Å². The number of carbonyl (C=O) groups is 2. The van der Waals surface area contributed by atoms with Gasteiger partial charge in [0.15, 0.2) is 5.75 Å². The number of hydrazone groups is 1. The summed E-state index contributed by atoms with van der Waals surface area (Å²) >= 11 is 0. The lowest BCUT2D eigenvalue weighted by atomic mass is 9.85. The van der Waals surface area contributed by atoms with Gasteiger partial charge in [-0.2, -0.15) is 10.1 Å². The van der Waals surface area contributed by atoms with Crippen LogP contribution < -0.4 is 0 Å². The molecule has 27 heavy (non-hydrogen) atoms. The van der Waals surface area contributed by atoms with Crippen molar-refractivity contribution in [2.75, 3.05) is 0 Å². The van der Waals surface area contributed by atoms with Crippen molar-refractivity contribution in [2.24, 2.45) is 34.2 Å². The molecule has 5 rings (SSSR count). The maximum Gasteiger partial charge on any atom is 0.311 e. The standard InChI is InChI=1S/C18H15N3O6/c22-12-6-13(23)11(21(26)27)5-8(12)7-19-20-16(24)14-9-1-2-10(15(14)17(20)25)18(9)3-4-18/h1-2,5-7,9-10,14-15,22-23H,3-4H2/b19-7+/t9-,10+,14-,15+. The number of rotatable bonds is 3. The van der Waals surface area contributed by atoms with Crippen molar-refractivity contribution < 1.29 is 24.7 Å². The summed E-state index contributed by atoms with van der Waals surface area (Å²) in [7, 11) is 0. The fourth-order valence-electron chi connectivity index (χ4n) is 5.13. The van der Waals surface area contributed by atoms with E-state index in [1.807, 2.05) is 12.2 Å². The predicted octanol–water partition coefficient (Wildman–Crippen LogP) is 1.54. The van der Waals surface area contributed by atoms with E-state index in [1.54, 1.807) is 0 Å². The van der Waals surface area contributed by atoms with Crippen molar-refractivity contribution in [3.8, 4) is 11.5 Å². The fourth-order valence-corrected chi connectivity index (χ4v) is 5.13. The first-order valence-electron chi connectivity index (χ1n) is 8.65. The molecule has 2 bridgehead atoms. The highest BCUT2D eigenvalue weighted by Crippen LogP contribution is 2.73. The number of allylic oxidation sites excluding steroid dienone is 2. The zero-order valence-corrected chi connectivity index (χ0v) is 14.0. The molecule has 1 spiro atoms. The highest BCUT2D eigenvalue weighted by atomic mass is 16.6. The molecule has 2 amide bonds. The third-order valence-corrected chi connectivity index (χ3v) is 6.46. The molecular weight excluding hydrogens is 354 g/mol. The van der Waals surface area contributed by atoms with Gasteiger partial charge in [-0.3, -0.25) is 19.7 Å². The minimum Gasteiger partial charge on any atom is -0.507 e. The van der Waals surface area contributed by atoms with Crippen LogP contribution in [0, 0.1) is 39.2 Å². The Labute approximate surface area is 152 Å². The summed E-state index contributed by atoms with van der Waals surface area (Å²) in [5.74, 6) is -2.49. The second-order valence-electron chi connectivity index (χ2n) is 7.61. The third kappa shape index (κ3) is 1.91. The molecule has 0 radical (unpaired) electrons. The van der Waals surface area contributed by atoms with Gasteiger partial charge in [0, 0.05) is 17.7 Å². The summed E-state index contributed by atoms with van der Waals surface area (Å²) in [4.78, 5) is 35.7. The zero-order chi connectivity index (χ0) is 19.1. The second-order valence-corrected chi connectivity index (χ2v) is 7.61. The molecule has 4 aliphatic rings. The van der Waals surface area contributed by atoms with E-state index in [-0.39, 0.29) is 34.6 Å². The number of amides is 2. The van der Waals surface area contributed by atoms with Crippen LogP contribution in [0.15, 0.2) is 29.4 Å². The van der Waals surface area contributed by atoms with Crippen LogP contribution in [-0.4, -0.2) is 38.2 Å². The minimum atomic E-state index is -0.804. The number of aromatic hydroxyl groups is 2. The van der Waals surface area contributed by atoms with E-state index in [9.17, 15) is 29.9 Å². The van der Waals surface area contributed by atoms with Crippen molar-refractivity contribution >= 4 is 23.7 Å². The van der Waals surface area contributed by atoms with Crippen molar-refractivity contribution in [1.82, 2.24) is 5.01 Å². The monoisotopic (exact) mass is 369 g/mol. The van der Waals surface area contributed by atoms with Crippen LogP contribution >= 0.6 is 0 Å². The molecule has 2 saturated carbocycles. The van der Waals surface area contributed by atoms with Crippen molar-refractivity contribution in [3.05, 3.63) is 40.0 Å². The lowest BCUT2D eigenvalue weighted by Crippen LogP contribution is -2.30. The maximum absolute atomic E-state index is 12.8. The van der Waals surface area contributed by atoms with E-state index in [4.69, 9.17) is 0 Å². The summed E-state index contributed by atoms with van der Waals surface area (Å²) < 4.78 is 0. The van der Waals surface area contributed by atoms with Crippen molar-refractivity contribution in [1.29, 1.82) is 0 Å². The topological polar surface area (TPSA) is 133 Å². The molecule has 1 aromatic rings. The summed E-state index contributed by atoms with van der Waals surface area (Å²) in [6, 6.07) is 1.76. The molecule has 0 aromatic heterocycles. The molecule has 4 atom stereocenters. The van der Waals surface area contributed by atoms with Crippen LogP contribution in [0.2, 0.25) is 0 Å². The Kier molecular flexibility index (Phi) is 2.92. The summed E-state index contributed by atoms with van der Waals surface area (Å²) in [5, 5.41) is 35.0. The van der Waals surface area contributed by atoms with E-state index in [1.165, 1.54) is 0 Å². The van der Waals surface area contributed by atoms with E-state index >= 15 is 0 Å². The van der Waals surface area contributed by atoms with Crippen LogP contribution in [0.4, 0.5) is 5.69 Å². The SMILES string of the molecule is O=C1[C@@H]2[C@H](C(=O)N1/N=C/c1cc([N+](=O)[O-])c(O)cc1O)[C@H]1C=C[C@@H]2C12CC2. The van der Waals surface area contributed by atoms with Crippen LogP contribution in [0.25, 0.3) is 0 Å².